The number of rotatable bonds is 2. The van der Waals surface area contributed by atoms with Crippen molar-refractivity contribution in [3.63, 3.8) is 0 Å². The highest BCUT2D eigenvalue weighted by molar-refractivity contribution is 5.21. The highest BCUT2D eigenvalue weighted by atomic mass is 15.1. The van der Waals surface area contributed by atoms with Crippen molar-refractivity contribution in [2.24, 2.45) is 5.73 Å². The summed E-state index contributed by atoms with van der Waals surface area (Å²) < 4.78 is 2.34. The van der Waals surface area contributed by atoms with E-state index >= 15 is 0 Å². The maximum atomic E-state index is 5.91. The lowest BCUT2D eigenvalue weighted by Gasteiger charge is -2.39. The normalized spacial score (nSPS) is 23.3. The van der Waals surface area contributed by atoms with E-state index in [0.29, 0.717) is 0 Å². The summed E-state index contributed by atoms with van der Waals surface area (Å²) in [6, 6.07) is 0. The molecule has 2 aliphatic rings. The Kier molecular flexibility index (Phi) is 2.09. The molecule has 82 valence electrons. The minimum absolute atomic E-state index is 0.240. The van der Waals surface area contributed by atoms with Crippen molar-refractivity contribution in [2.75, 3.05) is 6.54 Å². The number of imidazole rings is 1. The quantitative estimate of drug-likeness (QED) is 0.797. The Hall–Kier alpha value is -0.830. The Bertz CT molecular complexity index is 334. The van der Waals surface area contributed by atoms with Gasteiger partial charge in [0.1, 0.15) is 5.82 Å². The fourth-order valence-electron chi connectivity index (χ4n) is 2.84. The summed E-state index contributed by atoms with van der Waals surface area (Å²) in [4.78, 5) is 4.80. The molecule has 1 aromatic rings. The van der Waals surface area contributed by atoms with Crippen molar-refractivity contribution < 1.29 is 0 Å². The van der Waals surface area contributed by atoms with Gasteiger partial charge in [-0.2, -0.15) is 0 Å². The first-order chi connectivity index (χ1) is 7.34. The van der Waals surface area contributed by atoms with E-state index < -0.39 is 0 Å². The van der Waals surface area contributed by atoms with E-state index in [1.165, 1.54) is 43.6 Å². The molecule has 1 fully saturated rings. The second-order valence-corrected chi connectivity index (χ2v) is 5.03. The molecule has 0 saturated heterocycles. The molecule has 3 heteroatoms. The van der Waals surface area contributed by atoms with Crippen LogP contribution in [0.2, 0.25) is 0 Å². The Morgan fingerprint density at radius 1 is 1.33 bits per heavy atom. The fraction of sp³-hybridized carbons (Fsp3) is 0.750. The molecular weight excluding hydrogens is 186 g/mol. The molecule has 0 spiro atoms. The SMILES string of the molecule is NCC1(c2cn3c(n2)CCCC3)CCC1. The van der Waals surface area contributed by atoms with Gasteiger partial charge < -0.3 is 10.3 Å². The van der Waals surface area contributed by atoms with Crippen LogP contribution in [-0.2, 0) is 18.4 Å². The van der Waals surface area contributed by atoms with Crippen LogP contribution in [0, 0.1) is 0 Å². The van der Waals surface area contributed by atoms with Gasteiger partial charge in [0, 0.05) is 31.1 Å². The number of aryl methyl sites for hydroxylation is 2. The molecule has 3 rings (SSSR count). The second kappa shape index (κ2) is 3.34. The van der Waals surface area contributed by atoms with Crippen molar-refractivity contribution in [2.45, 2.75) is 50.5 Å². The zero-order chi connectivity index (χ0) is 10.3. The van der Waals surface area contributed by atoms with Crippen LogP contribution in [0.25, 0.3) is 0 Å². The predicted octanol–water partition coefficient (Wildman–Crippen LogP) is 1.60. The minimum atomic E-state index is 0.240. The average Bonchev–Trinajstić information content (AvgIpc) is 2.60. The van der Waals surface area contributed by atoms with Crippen LogP contribution < -0.4 is 5.73 Å². The van der Waals surface area contributed by atoms with Gasteiger partial charge in [0.05, 0.1) is 5.69 Å². The molecule has 1 aliphatic heterocycles. The molecule has 3 nitrogen and oxygen atoms in total. The van der Waals surface area contributed by atoms with Gasteiger partial charge in [-0.3, -0.25) is 0 Å². The number of hydrogen-bond donors (Lipinski definition) is 1. The topological polar surface area (TPSA) is 43.8 Å². The highest BCUT2D eigenvalue weighted by Crippen LogP contribution is 2.42. The molecule has 15 heavy (non-hydrogen) atoms. The molecule has 2 N–H and O–H groups in total. The molecule has 0 radical (unpaired) electrons. The first-order valence-corrected chi connectivity index (χ1v) is 6.11. The summed E-state index contributed by atoms with van der Waals surface area (Å²) in [5.41, 5.74) is 7.42. The van der Waals surface area contributed by atoms with E-state index in [2.05, 4.69) is 10.8 Å². The standard InChI is InChI=1S/C12H19N3/c13-9-12(5-3-6-12)10-8-15-7-2-1-4-11(15)14-10/h8H,1-7,9,13H2. The zero-order valence-electron chi connectivity index (χ0n) is 9.21. The molecule has 0 atom stereocenters. The Morgan fingerprint density at radius 2 is 2.20 bits per heavy atom. The maximum absolute atomic E-state index is 5.91. The maximum Gasteiger partial charge on any atom is 0.108 e. The van der Waals surface area contributed by atoms with E-state index in [4.69, 9.17) is 10.7 Å². The smallest absolute Gasteiger partial charge is 0.108 e. The van der Waals surface area contributed by atoms with Gasteiger partial charge in [-0.1, -0.05) is 6.42 Å². The van der Waals surface area contributed by atoms with Crippen molar-refractivity contribution in [3.8, 4) is 0 Å². The van der Waals surface area contributed by atoms with Crippen LogP contribution in [-0.4, -0.2) is 16.1 Å². The number of fused-ring (bicyclic) bond motifs is 1. The number of aromatic nitrogens is 2. The number of nitrogens with zero attached hydrogens (tertiary/aromatic N) is 2. The van der Waals surface area contributed by atoms with Crippen molar-refractivity contribution in [1.29, 1.82) is 0 Å². The van der Waals surface area contributed by atoms with Crippen LogP contribution in [0.3, 0.4) is 0 Å². The first kappa shape index (κ1) is 9.40. The Morgan fingerprint density at radius 3 is 2.80 bits per heavy atom. The van der Waals surface area contributed by atoms with Crippen LogP contribution in [0.4, 0.5) is 0 Å². The molecule has 2 heterocycles. The molecule has 1 saturated carbocycles. The minimum Gasteiger partial charge on any atom is -0.335 e. The van der Waals surface area contributed by atoms with Crippen molar-refractivity contribution in [3.05, 3.63) is 17.7 Å². The van der Waals surface area contributed by atoms with E-state index in [1.807, 2.05) is 0 Å². The van der Waals surface area contributed by atoms with Gasteiger partial charge in [0.15, 0.2) is 0 Å². The van der Waals surface area contributed by atoms with Gasteiger partial charge in [-0.25, -0.2) is 4.98 Å². The average molecular weight is 205 g/mol. The molecule has 0 amide bonds. The fourth-order valence-corrected chi connectivity index (χ4v) is 2.84. The Balaban J connectivity index is 1.95. The molecule has 1 aliphatic carbocycles. The third kappa shape index (κ3) is 1.33. The van der Waals surface area contributed by atoms with Gasteiger partial charge in [-0.05, 0) is 25.7 Å². The molecule has 1 aromatic heterocycles. The van der Waals surface area contributed by atoms with Crippen LogP contribution in [0.1, 0.15) is 43.6 Å². The Labute approximate surface area is 90.7 Å². The van der Waals surface area contributed by atoms with E-state index in [-0.39, 0.29) is 5.41 Å². The number of hydrogen-bond acceptors (Lipinski definition) is 2. The van der Waals surface area contributed by atoms with Crippen LogP contribution >= 0.6 is 0 Å². The summed E-state index contributed by atoms with van der Waals surface area (Å²) in [6.45, 7) is 1.92. The van der Waals surface area contributed by atoms with Gasteiger partial charge >= 0.3 is 0 Å². The predicted molar refractivity (Wildman–Crippen MR) is 59.7 cm³/mol. The molecule has 0 aromatic carbocycles. The van der Waals surface area contributed by atoms with Gasteiger partial charge in [-0.15, -0.1) is 0 Å². The summed E-state index contributed by atoms with van der Waals surface area (Å²) in [5.74, 6) is 1.29. The molecule has 0 bridgehead atoms. The van der Waals surface area contributed by atoms with E-state index in [1.54, 1.807) is 0 Å². The summed E-state index contributed by atoms with van der Waals surface area (Å²) in [7, 11) is 0. The summed E-state index contributed by atoms with van der Waals surface area (Å²) in [5, 5.41) is 0. The lowest BCUT2D eigenvalue weighted by Crippen LogP contribution is -2.41. The lowest BCUT2D eigenvalue weighted by atomic mass is 9.67. The van der Waals surface area contributed by atoms with Gasteiger partial charge in [0.25, 0.3) is 0 Å². The lowest BCUT2D eigenvalue weighted by molar-refractivity contribution is 0.246. The molecular formula is C12H19N3. The zero-order valence-corrected chi connectivity index (χ0v) is 9.21. The van der Waals surface area contributed by atoms with Gasteiger partial charge in [0.2, 0.25) is 0 Å². The van der Waals surface area contributed by atoms with Crippen LogP contribution in [0.15, 0.2) is 6.20 Å². The summed E-state index contributed by atoms with van der Waals surface area (Å²) >= 11 is 0. The van der Waals surface area contributed by atoms with E-state index in [9.17, 15) is 0 Å². The highest BCUT2D eigenvalue weighted by Gasteiger charge is 2.39. The third-order valence-electron chi connectivity index (χ3n) is 4.15. The monoisotopic (exact) mass is 205 g/mol. The third-order valence-corrected chi connectivity index (χ3v) is 4.15. The van der Waals surface area contributed by atoms with Crippen molar-refractivity contribution in [1.82, 2.24) is 9.55 Å². The first-order valence-electron chi connectivity index (χ1n) is 6.11. The second-order valence-electron chi connectivity index (χ2n) is 5.03. The van der Waals surface area contributed by atoms with Crippen LogP contribution in [0.5, 0.6) is 0 Å². The number of nitrogens with two attached hydrogens (primary N) is 1. The van der Waals surface area contributed by atoms with Crippen molar-refractivity contribution >= 4 is 0 Å². The van der Waals surface area contributed by atoms with E-state index in [0.717, 1.165) is 19.5 Å². The summed E-state index contributed by atoms with van der Waals surface area (Å²) in [6.07, 6.45) is 9.81. The molecule has 0 unspecified atom stereocenters. The largest absolute Gasteiger partial charge is 0.335 e.